The average molecular weight is 445 g/mol. The normalized spacial score (nSPS) is 13.8. The molecule has 162 valence electrons. The van der Waals surface area contributed by atoms with Crippen LogP contribution in [-0.2, 0) is 22.6 Å². The van der Waals surface area contributed by atoms with Gasteiger partial charge in [-0.2, -0.15) is 0 Å². The van der Waals surface area contributed by atoms with E-state index in [9.17, 15) is 9.59 Å². The summed E-state index contributed by atoms with van der Waals surface area (Å²) in [6, 6.07) is 21.0. The Hall–Kier alpha value is -3.37. The SMILES string of the molecule is CCc1ccc(NC2=C(c3ccc(C)cc3C)C(=O)N(Cc3ccccc3Cl)C2=O)cc1. The summed E-state index contributed by atoms with van der Waals surface area (Å²) in [5.74, 6) is -0.681. The molecule has 1 heterocycles. The predicted octanol–water partition coefficient (Wildman–Crippen LogP) is 5.91. The number of rotatable bonds is 6. The van der Waals surface area contributed by atoms with Gasteiger partial charge in [0, 0.05) is 10.7 Å². The van der Waals surface area contributed by atoms with Gasteiger partial charge in [0.05, 0.1) is 12.1 Å². The molecule has 0 aliphatic carbocycles. The first kappa shape index (κ1) is 21.8. The van der Waals surface area contributed by atoms with Crippen LogP contribution in [0.5, 0.6) is 0 Å². The van der Waals surface area contributed by atoms with Crippen LogP contribution in [0.2, 0.25) is 5.02 Å². The number of nitrogens with one attached hydrogen (secondary N) is 1. The second-order valence-corrected chi connectivity index (χ2v) is 8.44. The minimum absolute atomic E-state index is 0.117. The first-order valence-corrected chi connectivity index (χ1v) is 11.0. The van der Waals surface area contributed by atoms with Crippen molar-refractivity contribution in [3.8, 4) is 0 Å². The number of anilines is 1. The topological polar surface area (TPSA) is 49.4 Å². The first-order chi connectivity index (χ1) is 15.4. The van der Waals surface area contributed by atoms with Crippen LogP contribution in [0.1, 0.15) is 34.7 Å². The lowest BCUT2D eigenvalue weighted by Gasteiger charge is -2.16. The molecule has 0 spiro atoms. The molecule has 0 bridgehead atoms. The number of benzene rings is 3. The Labute approximate surface area is 193 Å². The highest BCUT2D eigenvalue weighted by Crippen LogP contribution is 2.34. The third-order valence-electron chi connectivity index (χ3n) is 5.74. The summed E-state index contributed by atoms with van der Waals surface area (Å²) in [5, 5.41) is 3.75. The molecule has 5 heteroatoms. The van der Waals surface area contributed by atoms with Gasteiger partial charge in [-0.3, -0.25) is 14.5 Å². The van der Waals surface area contributed by atoms with Crippen molar-refractivity contribution < 1.29 is 9.59 Å². The molecule has 0 unspecified atom stereocenters. The number of nitrogens with zero attached hydrogens (tertiary/aromatic N) is 1. The lowest BCUT2D eigenvalue weighted by molar-refractivity contribution is -0.137. The van der Waals surface area contributed by atoms with Gasteiger partial charge >= 0.3 is 0 Å². The molecule has 1 aliphatic rings. The number of imide groups is 1. The van der Waals surface area contributed by atoms with Crippen LogP contribution in [0.3, 0.4) is 0 Å². The van der Waals surface area contributed by atoms with Crippen molar-refractivity contribution in [1.82, 2.24) is 4.90 Å². The Bertz CT molecular complexity index is 1230. The summed E-state index contributed by atoms with van der Waals surface area (Å²) in [7, 11) is 0. The molecule has 0 radical (unpaired) electrons. The van der Waals surface area contributed by atoms with E-state index in [0.717, 1.165) is 34.4 Å². The molecule has 1 aliphatic heterocycles. The average Bonchev–Trinajstić information content (AvgIpc) is 3.00. The molecule has 0 saturated carbocycles. The van der Waals surface area contributed by atoms with Gasteiger partial charge < -0.3 is 5.32 Å². The zero-order valence-corrected chi connectivity index (χ0v) is 19.2. The maximum atomic E-state index is 13.5. The van der Waals surface area contributed by atoms with Gasteiger partial charge in [0.15, 0.2) is 0 Å². The summed E-state index contributed by atoms with van der Waals surface area (Å²) in [4.78, 5) is 28.3. The molecule has 32 heavy (non-hydrogen) atoms. The Kier molecular flexibility index (Phi) is 6.15. The van der Waals surface area contributed by atoms with Crippen LogP contribution in [0, 0.1) is 13.8 Å². The zero-order chi connectivity index (χ0) is 22.8. The Morgan fingerprint density at radius 2 is 1.62 bits per heavy atom. The van der Waals surface area contributed by atoms with Crippen LogP contribution < -0.4 is 5.32 Å². The molecule has 4 nitrogen and oxygen atoms in total. The fourth-order valence-corrected chi connectivity index (χ4v) is 4.14. The molecule has 3 aromatic carbocycles. The highest BCUT2D eigenvalue weighted by molar-refractivity contribution is 6.37. The zero-order valence-electron chi connectivity index (χ0n) is 18.4. The van der Waals surface area contributed by atoms with E-state index in [1.54, 1.807) is 6.07 Å². The van der Waals surface area contributed by atoms with Gasteiger partial charge in [0.25, 0.3) is 11.8 Å². The van der Waals surface area contributed by atoms with E-state index in [-0.39, 0.29) is 18.4 Å². The highest BCUT2D eigenvalue weighted by Gasteiger charge is 2.39. The van der Waals surface area contributed by atoms with Crippen molar-refractivity contribution in [2.75, 3.05) is 5.32 Å². The third-order valence-corrected chi connectivity index (χ3v) is 6.11. The van der Waals surface area contributed by atoms with Crippen molar-refractivity contribution in [2.45, 2.75) is 33.7 Å². The van der Waals surface area contributed by atoms with Gasteiger partial charge in [-0.1, -0.05) is 72.6 Å². The third kappa shape index (κ3) is 4.19. The highest BCUT2D eigenvalue weighted by atomic mass is 35.5. The largest absolute Gasteiger partial charge is 0.350 e. The van der Waals surface area contributed by atoms with Crippen molar-refractivity contribution in [3.05, 3.63) is 105 Å². The molecule has 0 atom stereocenters. The second-order valence-electron chi connectivity index (χ2n) is 8.03. The summed E-state index contributed by atoms with van der Waals surface area (Å²) in [5.41, 5.74) is 6.17. The number of amides is 2. The van der Waals surface area contributed by atoms with Crippen LogP contribution in [0.4, 0.5) is 5.69 Å². The molecule has 1 N–H and O–H groups in total. The number of hydrogen-bond donors (Lipinski definition) is 1. The van der Waals surface area contributed by atoms with Gasteiger partial charge in [-0.15, -0.1) is 0 Å². The maximum absolute atomic E-state index is 13.5. The lowest BCUT2D eigenvalue weighted by atomic mass is 9.97. The maximum Gasteiger partial charge on any atom is 0.278 e. The van der Waals surface area contributed by atoms with Crippen LogP contribution >= 0.6 is 11.6 Å². The van der Waals surface area contributed by atoms with E-state index < -0.39 is 0 Å². The fourth-order valence-electron chi connectivity index (χ4n) is 3.94. The monoisotopic (exact) mass is 444 g/mol. The van der Waals surface area contributed by atoms with Gasteiger partial charge in [0.2, 0.25) is 0 Å². The predicted molar refractivity (Wildman–Crippen MR) is 129 cm³/mol. The molecule has 2 amide bonds. The number of carbonyl (C=O) groups is 2. The number of aryl methyl sites for hydroxylation is 3. The van der Waals surface area contributed by atoms with Crippen molar-refractivity contribution >= 4 is 34.7 Å². The smallest absolute Gasteiger partial charge is 0.278 e. The first-order valence-electron chi connectivity index (χ1n) is 10.7. The molecule has 3 aromatic rings. The summed E-state index contributed by atoms with van der Waals surface area (Å²) < 4.78 is 0. The molecular formula is C27H25ClN2O2. The van der Waals surface area contributed by atoms with Crippen molar-refractivity contribution in [2.24, 2.45) is 0 Å². The Balaban J connectivity index is 1.77. The number of hydrogen-bond acceptors (Lipinski definition) is 3. The van der Waals surface area contributed by atoms with Crippen LogP contribution in [0.15, 0.2) is 72.4 Å². The second kappa shape index (κ2) is 9.01. The molecule has 4 rings (SSSR count). The quantitative estimate of drug-likeness (QED) is 0.480. The Morgan fingerprint density at radius 1 is 0.906 bits per heavy atom. The van der Waals surface area contributed by atoms with Crippen LogP contribution in [-0.4, -0.2) is 16.7 Å². The summed E-state index contributed by atoms with van der Waals surface area (Å²) >= 11 is 6.31. The Morgan fingerprint density at radius 3 is 2.28 bits per heavy atom. The van der Waals surface area contributed by atoms with Gasteiger partial charge in [-0.05, 0) is 60.7 Å². The van der Waals surface area contributed by atoms with Crippen molar-refractivity contribution in [3.63, 3.8) is 0 Å². The van der Waals surface area contributed by atoms with Gasteiger partial charge in [0.1, 0.15) is 5.70 Å². The van der Waals surface area contributed by atoms with E-state index >= 15 is 0 Å². The van der Waals surface area contributed by atoms with E-state index in [1.165, 1.54) is 10.5 Å². The summed E-state index contributed by atoms with van der Waals surface area (Å²) in [6.45, 7) is 6.17. The number of carbonyl (C=O) groups excluding carboxylic acids is 2. The van der Waals surface area contributed by atoms with E-state index in [2.05, 4.69) is 12.2 Å². The van der Waals surface area contributed by atoms with Gasteiger partial charge in [-0.25, -0.2) is 0 Å². The van der Waals surface area contributed by atoms with E-state index in [4.69, 9.17) is 11.6 Å². The number of halogens is 1. The minimum Gasteiger partial charge on any atom is -0.350 e. The fraction of sp³-hybridized carbons (Fsp3) is 0.185. The molecular weight excluding hydrogens is 420 g/mol. The van der Waals surface area contributed by atoms with Crippen LogP contribution in [0.25, 0.3) is 5.57 Å². The lowest BCUT2D eigenvalue weighted by Crippen LogP contribution is -2.32. The summed E-state index contributed by atoms with van der Waals surface area (Å²) in [6.07, 6.45) is 0.930. The molecule has 0 fully saturated rings. The van der Waals surface area contributed by atoms with E-state index in [1.807, 2.05) is 74.5 Å². The molecule has 0 saturated heterocycles. The van der Waals surface area contributed by atoms with Crippen molar-refractivity contribution in [1.29, 1.82) is 0 Å². The van der Waals surface area contributed by atoms with E-state index in [0.29, 0.717) is 16.3 Å². The molecule has 0 aromatic heterocycles. The standard InChI is InChI=1S/C27H25ClN2O2/c1-4-19-10-12-21(13-11-19)29-25-24(22-14-9-17(2)15-18(22)3)26(31)30(27(25)32)16-20-7-5-6-8-23(20)28/h5-15,29H,4,16H2,1-3H3. The minimum atomic E-state index is -0.357.